The number of nitrogens with one attached hydrogen (secondary N) is 2. The van der Waals surface area contributed by atoms with Crippen LogP contribution in [0, 0.1) is 5.92 Å². The Hall–Kier alpha value is -1.50. The summed E-state index contributed by atoms with van der Waals surface area (Å²) in [6.45, 7) is 5.51. The zero-order chi connectivity index (χ0) is 17.4. The lowest BCUT2D eigenvalue weighted by molar-refractivity contribution is -0.121. The predicted octanol–water partition coefficient (Wildman–Crippen LogP) is 2.40. The van der Waals surface area contributed by atoms with Crippen LogP contribution in [0.4, 0.5) is 0 Å². The van der Waals surface area contributed by atoms with Crippen LogP contribution in [0.3, 0.4) is 0 Å². The van der Waals surface area contributed by atoms with Crippen LogP contribution in [0.2, 0.25) is 0 Å². The lowest BCUT2D eigenvalue weighted by Gasteiger charge is -2.34. The summed E-state index contributed by atoms with van der Waals surface area (Å²) in [5.74, 6) is 2.51. The van der Waals surface area contributed by atoms with Gasteiger partial charge in [0.15, 0.2) is 10.6 Å². The lowest BCUT2D eigenvalue weighted by Crippen LogP contribution is -2.46. The van der Waals surface area contributed by atoms with Gasteiger partial charge in [0.2, 0.25) is 5.91 Å². The van der Waals surface area contributed by atoms with Crippen molar-refractivity contribution >= 4 is 27.8 Å². The monoisotopic (exact) mass is 398 g/mol. The van der Waals surface area contributed by atoms with E-state index in [-0.39, 0.29) is 5.91 Å². The van der Waals surface area contributed by atoms with E-state index in [1.54, 1.807) is 7.05 Å². The summed E-state index contributed by atoms with van der Waals surface area (Å²) in [4.78, 5) is 18.5. The second kappa shape index (κ2) is 9.71. The summed E-state index contributed by atoms with van der Waals surface area (Å²) < 4.78 is 6.26. The van der Waals surface area contributed by atoms with Crippen LogP contribution >= 0.6 is 15.9 Å². The number of likely N-dealkylation sites (tertiary alicyclic amines) is 1. The molecular weight excluding hydrogens is 372 g/mol. The second-order valence-corrected chi connectivity index (χ2v) is 6.78. The van der Waals surface area contributed by atoms with E-state index >= 15 is 0 Å². The quantitative estimate of drug-likeness (QED) is 0.570. The Labute approximate surface area is 152 Å². The van der Waals surface area contributed by atoms with Gasteiger partial charge >= 0.3 is 0 Å². The zero-order valence-corrected chi connectivity index (χ0v) is 16.1. The maximum atomic E-state index is 11.5. The highest BCUT2D eigenvalue weighted by molar-refractivity contribution is 9.10. The van der Waals surface area contributed by atoms with Crippen LogP contribution in [-0.4, -0.2) is 50.0 Å². The number of hydrogen-bond acceptors (Lipinski definition) is 3. The molecule has 0 saturated carbocycles. The molecule has 0 spiro atoms. The number of piperidine rings is 1. The van der Waals surface area contributed by atoms with Crippen LogP contribution in [0.5, 0.6) is 0 Å². The Bertz CT molecular complexity index is 551. The highest BCUT2D eigenvalue weighted by Crippen LogP contribution is 2.20. The number of amides is 1. The largest absolute Gasteiger partial charge is 0.454 e. The second-order valence-electron chi connectivity index (χ2n) is 6.00. The minimum absolute atomic E-state index is 0.138. The smallest absolute Gasteiger partial charge is 0.220 e. The molecule has 0 aromatic carbocycles. The van der Waals surface area contributed by atoms with Crippen molar-refractivity contribution in [2.24, 2.45) is 10.9 Å². The third kappa shape index (κ3) is 5.85. The molecule has 24 heavy (non-hydrogen) atoms. The predicted molar refractivity (Wildman–Crippen MR) is 99.1 cm³/mol. The van der Waals surface area contributed by atoms with E-state index in [0.717, 1.165) is 55.3 Å². The minimum atomic E-state index is 0.138. The molecule has 1 aliphatic rings. The van der Waals surface area contributed by atoms with Gasteiger partial charge in [0.1, 0.15) is 5.76 Å². The van der Waals surface area contributed by atoms with Gasteiger partial charge in [-0.3, -0.25) is 9.79 Å². The van der Waals surface area contributed by atoms with Crippen molar-refractivity contribution in [3.63, 3.8) is 0 Å². The number of hydrogen-bond donors (Lipinski definition) is 2. The molecule has 134 valence electrons. The van der Waals surface area contributed by atoms with Crippen molar-refractivity contribution in [1.82, 2.24) is 15.5 Å². The van der Waals surface area contributed by atoms with Crippen LogP contribution in [0.1, 0.15) is 31.9 Å². The van der Waals surface area contributed by atoms with Crippen LogP contribution in [0.15, 0.2) is 26.2 Å². The van der Waals surface area contributed by atoms with E-state index in [0.29, 0.717) is 18.9 Å². The molecule has 0 aliphatic carbocycles. The molecule has 1 aromatic heterocycles. The fourth-order valence-corrected chi connectivity index (χ4v) is 3.24. The number of carbonyl (C=O) groups excluding carboxylic acids is 1. The number of furan rings is 1. The number of guanidine groups is 1. The molecule has 0 atom stereocenters. The molecule has 2 N–H and O–H groups in total. The highest BCUT2D eigenvalue weighted by Gasteiger charge is 2.22. The van der Waals surface area contributed by atoms with Gasteiger partial charge in [0.05, 0.1) is 0 Å². The van der Waals surface area contributed by atoms with Crippen molar-refractivity contribution in [2.45, 2.75) is 32.6 Å². The van der Waals surface area contributed by atoms with E-state index in [2.05, 4.69) is 38.4 Å². The molecule has 1 saturated heterocycles. The summed E-state index contributed by atoms with van der Waals surface area (Å²) in [6, 6.07) is 3.87. The fraction of sp³-hybridized carbons (Fsp3) is 0.647. The van der Waals surface area contributed by atoms with Crippen LogP contribution in [-0.2, 0) is 11.2 Å². The first-order valence-electron chi connectivity index (χ1n) is 8.60. The molecule has 1 amide bonds. The molecule has 2 rings (SSSR count). The van der Waals surface area contributed by atoms with Gasteiger partial charge in [0, 0.05) is 46.1 Å². The first kappa shape index (κ1) is 18.8. The Morgan fingerprint density at radius 2 is 2.17 bits per heavy atom. The van der Waals surface area contributed by atoms with E-state index in [9.17, 15) is 4.79 Å². The average Bonchev–Trinajstić information content (AvgIpc) is 3.00. The van der Waals surface area contributed by atoms with Gasteiger partial charge in [-0.05, 0) is 53.7 Å². The van der Waals surface area contributed by atoms with E-state index in [1.165, 1.54) is 0 Å². The third-order valence-corrected chi connectivity index (χ3v) is 4.68. The van der Waals surface area contributed by atoms with Crippen molar-refractivity contribution in [1.29, 1.82) is 0 Å². The van der Waals surface area contributed by atoms with Gasteiger partial charge in [-0.1, -0.05) is 0 Å². The molecule has 0 unspecified atom stereocenters. The topological polar surface area (TPSA) is 69.9 Å². The summed E-state index contributed by atoms with van der Waals surface area (Å²) in [6.07, 6.45) is 3.48. The van der Waals surface area contributed by atoms with Crippen molar-refractivity contribution in [2.75, 3.05) is 33.2 Å². The van der Waals surface area contributed by atoms with Gasteiger partial charge in [-0.15, -0.1) is 0 Å². The van der Waals surface area contributed by atoms with Crippen LogP contribution in [0.25, 0.3) is 0 Å². The third-order valence-electron chi connectivity index (χ3n) is 4.25. The Balaban J connectivity index is 1.84. The van der Waals surface area contributed by atoms with Gasteiger partial charge in [-0.25, -0.2) is 0 Å². The SMILES string of the molecule is CCNC(=NCCc1ccc(Br)o1)N1CCC(CC(=O)NC)CC1. The first-order chi connectivity index (χ1) is 11.6. The maximum absolute atomic E-state index is 11.5. The number of rotatable bonds is 6. The zero-order valence-electron chi connectivity index (χ0n) is 14.5. The molecular formula is C17H27BrN4O2. The standard InChI is InChI=1S/C17H27BrN4O2/c1-3-20-17(21-9-6-14-4-5-15(18)24-14)22-10-7-13(8-11-22)12-16(23)19-2/h4-5,13H,3,6-12H2,1-2H3,(H,19,23)(H,20,21). The molecule has 0 radical (unpaired) electrons. The van der Waals surface area contributed by atoms with Crippen molar-refractivity contribution < 1.29 is 9.21 Å². The fourth-order valence-electron chi connectivity index (χ4n) is 2.90. The Morgan fingerprint density at radius 1 is 1.42 bits per heavy atom. The maximum Gasteiger partial charge on any atom is 0.220 e. The molecule has 6 nitrogen and oxygen atoms in total. The summed E-state index contributed by atoms with van der Waals surface area (Å²) in [7, 11) is 1.70. The summed E-state index contributed by atoms with van der Waals surface area (Å²) in [5, 5.41) is 6.08. The Morgan fingerprint density at radius 3 is 2.75 bits per heavy atom. The number of aliphatic imine (C=N–C) groups is 1. The van der Waals surface area contributed by atoms with E-state index in [1.807, 2.05) is 12.1 Å². The van der Waals surface area contributed by atoms with Crippen LogP contribution < -0.4 is 10.6 Å². The minimum Gasteiger partial charge on any atom is -0.454 e. The highest BCUT2D eigenvalue weighted by atomic mass is 79.9. The summed E-state index contributed by atoms with van der Waals surface area (Å²) >= 11 is 3.32. The molecule has 1 aliphatic heterocycles. The molecule has 1 aromatic rings. The number of nitrogens with zero attached hydrogens (tertiary/aromatic N) is 2. The van der Waals surface area contributed by atoms with Crippen molar-refractivity contribution in [3.8, 4) is 0 Å². The Kier molecular flexibility index (Phi) is 7.62. The van der Waals surface area contributed by atoms with E-state index < -0.39 is 0 Å². The average molecular weight is 399 g/mol. The van der Waals surface area contributed by atoms with Gasteiger partial charge < -0.3 is 20.0 Å². The van der Waals surface area contributed by atoms with E-state index in [4.69, 9.17) is 9.41 Å². The number of carbonyl (C=O) groups is 1. The normalized spacial score (nSPS) is 16.3. The molecule has 0 bridgehead atoms. The first-order valence-corrected chi connectivity index (χ1v) is 9.39. The molecule has 1 fully saturated rings. The molecule has 7 heteroatoms. The lowest BCUT2D eigenvalue weighted by atomic mass is 9.93. The number of halogens is 1. The van der Waals surface area contributed by atoms with Gasteiger partial charge in [-0.2, -0.15) is 0 Å². The van der Waals surface area contributed by atoms with Gasteiger partial charge in [0.25, 0.3) is 0 Å². The van der Waals surface area contributed by atoms with Crippen molar-refractivity contribution in [3.05, 3.63) is 22.6 Å². The molecule has 2 heterocycles. The summed E-state index contributed by atoms with van der Waals surface area (Å²) in [5.41, 5.74) is 0.